The molecule has 0 aromatic rings. The fourth-order valence-electron chi connectivity index (χ4n) is 12.1. The molecule has 12 atom stereocenters. The maximum atomic E-state index is 12.0. The minimum Gasteiger partial charge on any atom is -0.396 e. The molecule has 3 N–H and O–H groups in total. The van der Waals surface area contributed by atoms with Crippen LogP contribution in [0.1, 0.15) is 106 Å². The van der Waals surface area contributed by atoms with Gasteiger partial charge in [0.05, 0.1) is 12.2 Å². The number of aliphatic hydroxyl groups excluding tert-OH is 3. The predicted molar refractivity (Wildman–Crippen MR) is 133 cm³/mol. The van der Waals surface area contributed by atoms with Crippen LogP contribution in [0.3, 0.4) is 0 Å². The van der Waals surface area contributed by atoms with Crippen molar-refractivity contribution in [3.63, 3.8) is 0 Å². The molecule has 0 aromatic carbocycles. The molecule has 5 rings (SSSR count). The summed E-state index contributed by atoms with van der Waals surface area (Å²) in [5.74, 6) is 2.87. The second kappa shape index (κ2) is 7.45. The number of hydrogen-bond donors (Lipinski definition) is 3. The van der Waals surface area contributed by atoms with Gasteiger partial charge in [-0.25, -0.2) is 0 Å². The molecule has 3 nitrogen and oxygen atoms in total. The van der Waals surface area contributed by atoms with Crippen molar-refractivity contribution < 1.29 is 15.3 Å². The highest BCUT2D eigenvalue weighted by Gasteiger charge is 2.73. The van der Waals surface area contributed by atoms with Crippen LogP contribution in [0.25, 0.3) is 0 Å². The van der Waals surface area contributed by atoms with Gasteiger partial charge in [0, 0.05) is 12.0 Å². The zero-order chi connectivity index (χ0) is 24.2. The van der Waals surface area contributed by atoms with E-state index in [-0.39, 0.29) is 45.2 Å². The van der Waals surface area contributed by atoms with Crippen molar-refractivity contribution in [1.82, 2.24) is 0 Å². The molecular formula is C30H52O3. The maximum absolute atomic E-state index is 12.0. The fourth-order valence-corrected chi connectivity index (χ4v) is 12.1. The number of aliphatic hydroxyl groups is 3. The van der Waals surface area contributed by atoms with E-state index in [2.05, 4.69) is 48.5 Å². The Hall–Kier alpha value is -0.120. The van der Waals surface area contributed by atoms with Gasteiger partial charge in [-0.15, -0.1) is 0 Å². The quantitative estimate of drug-likeness (QED) is 0.470. The lowest BCUT2D eigenvalue weighted by Gasteiger charge is -2.74. The summed E-state index contributed by atoms with van der Waals surface area (Å²) in [6.45, 7) is 17.4. The fraction of sp³-hybridized carbons (Fsp3) is 1.00. The van der Waals surface area contributed by atoms with E-state index in [1.165, 1.54) is 38.5 Å². The second-order valence-corrected chi connectivity index (χ2v) is 15.2. The third-order valence-electron chi connectivity index (χ3n) is 13.9. The first-order valence-electron chi connectivity index (χ1n) is 14.2. The average Bonchev–Trinajstić information content (AvgIpc) is 3.09. The third-order valence-corrected chi connectivity index (χ3v) is 13.9. The molecule has 0 heterocycles. The molecule has 5 aliphatic rings. The Bertz CT molecular complexity index is 779. The number of rotatable bonds is 2. The van der Waals surface area contributed by atoms with Crippen molar-refractivity contribution in [2.24, 2.45) is 62.6 Å². The highest BCUT2D eigenvalue weighted by Crippen LogP contribution is 2.77. The first-order valence-corrected chi connectivity index (χ1v) is 14.2. The minimum absolute atomic E-state index is 0.0592. The summed E-state index contributed by atoms with van der Waals surface area (Å²) in [6, 6.07) is 0. The molecule has 0 saturated heterocycles. The van der Waals surface area contributed by atoms with Gasteiger partial charge in [0.15, 0.2) is 0 Å². The van der Waals surface area contributed by atoms with Gasteiger partial charge in [-0.3, -0.25) is 0 Å². The second-order valence-electron chi connectivity index (χ2n) is 15.2. The molecule has 5 fully saturated rings. The Kier molecular flexibility index (Phi) is 5.55. The minimum atomic E-state index is -0.325. The van der Waals surface area contributed by atoms with Crippen LogP contribution >= 0.6 is 0 Å². The van der Waals surface area contributed by atoms with E-state index in [9.17, 15) is 15.3 Å². The number of hydrogen-bond acceptors (Lipinski definition) is 3. The van der Waals surface area contributed by atoms with E-state index in [0.717, 1.165) is 19.3 Å². The Morgan fingerprint density at radius 1 is 0.788 bits per heavy atom. The van der Waals surface area contributed by atoms with Gasteiger partial charge in [-0.05, 0) is 115 Å². The van der Waals surface area contributed by atoms with Crippen LogP contribution in [0.5, 0.6) is 0 Å². The van der Waals surface area contributed by atoms with E-state index in [1.807, 2.05) is 0 Å². The summed E-state index contributed by atoms with van der Waals surface area (Å²) in [5, 5.41) is 33.5. The Balaban J connectivity index is 1.56. The van der Waals surface area contributed by atoms with Crippen LogP contribution in [-0.4, -0.2) is 34.1 Å². The molecule has 3 heteroatoms. The van der Waals surface area contributed by atoms with Gasteiger partial charge < -0.3 is 15.3 Å². The van der Waals surface area contributed by atoms with Crippen LogP contribution < -0.4 is 0 Å². The van der Waals surface area contributed by atoms with Gasteiger partial charge in [-0.2, -0.15) is 0 Å². The first-order chi connectivity index (χ1) is 15.3. The highest BCUT2D eigenvalue weighted by atomic mass is 16.3. The number of fused-ring (bicyclic) bond motifs is 7. The highest BCUT2D eigenvalue weighted by molar-refractivity contribution is 5.22. The standard InChI is InChI=1S/C30H52O3/c1-18(17-31)19-8-13-27(4)20(19)9-14-28(5)23(27)16-21(32)25-29(28,6)15-10-22-26(2,3)12-11-24(33)30(22,25)7/h18-25,31-33H,8-17H2,1-7H3/t18-,19-,20+,21-,22+,23-,24+,25+,27+,28-,29-,30-/m1/s1. The first kappa shape index (κ1) is 24.6. The predicted octanol–water partition coefficient (Wildman–Crippen LogP) is 6.05. The Labute approximate surface area is 203 Å². The normalized spacial score (nSPS) is 58.5. The molecule has 33 heavy (non-hydrogen) atoms. The molecule has 0 amide bonds. The van der Waals surface area contributed by atoms with Crippen LogP contribution in [0, 0.1) is 62.6 Å². The SMILES string of the molecule is C[C@H](CO)[C@H]1CC[C@]2(C)[C@H]3C[C@@H](O)[C@@H]4[C@@]5(C)[C@@H](O)CCC(C)(C)[C@@H]5CC[C@@]4(C)[C@]3(C)CC[C@@H]12. The molecule has 0 radical (unpaired) electrons. The summed E-state index contributed by atoms with van der Waals surface area (Å²) in [5.41, 5.74) is 0.551. The summed E-state index contributed by atoms with van der Waals surface area (Å²) >= 11 is 0. The smallest absolute Gasteiger partial charge is 0.0600 e. The van der Waals surface area contributed by atoms with E-state index in [1.54, 1.807) is 0 Å². The molecule has 0 bridgehead atoms. The van der Waals surface area contributed by atoms with Crippen LogP contribution in [0.4, 0.5) is 0 Å². The largest absolute Gasteiger partial charge is 0.396 e. The summed E-state index contributed by atoms with van der Waals surface area (Å²) < 4.78 is 0. The maximum Gasteiger partial charge on any atom is 0.0600 e. The topological polar surface area (TPSA) is 60.7 Å². The summed E-state index contributed by atoms with van der Waals surface area (Å²) in [4.78, 5) is 0. The van der Waals surface area contributed by atoms with Gasteiger partial charge >= 0.3 is 0 Å². The lowest BCUT2D eigenvalue weighted by atomic mass is 9.31. The molecule has 0 spiro atoms. The van der Waals surface area contributed by atoms with Gasteiger partial charge in [0.25, 0.3) is 0 Å². The van der Waals surface area contributed by atoms with Gasteiger partial charge in [0.1, 0.15) is 0 Å². The van der Waals surface area contributed by atoms with Crippen molar-refractivity contribution in [3.05, 3.63) is 0 Å². The lowest BCUT2D eigenvalue weighted by Crippen LogP contribution is -2.71. The summed E-state index contributed by atoms with van der Waals surface area (Å²) in [7, 11) is 0. The molecule has 190 valence electrons. The Morgan fingerprint density at radius 3 is 2.12 bits per heavy atom. The summed E-state index contributed by atoms with van der Waals surface area (Å²) in [6.07, 6.45) is 9.61. The van der Waals surface area contributed by atoms with E-state index < -0.39 is 0 Å². The molecule has 0 aliphatic heterocycles. The molecule has 0 unspecified atom stereocenters. The van der Waals surface area contributed by atoms with Crippen LogP contribution in [0.2, 0.25) is 0 Å². The third kappa shape index (κ3) is 2.91. The molecular weight excluding hydrogens is 408 g/mol. The van der Waals surface area contributed by atoms with Crippen LogP contribution in [-0.2, 0) is 0 Å². The van der Waals surface area contributed by atoms with Crippen molar-refractivity contribution in [2.45, 2.75) is 118 Å². The van der Waals surface area contributed by atoms with Gasteiger partial charge in [0.2, 0.25) is 0 Å². The van der Waals surface area contributed by atoms with Crippen molar-refractivity contribution in [2.75, 3.05) is 6.61 Å². The molecule has 0 aromatic heterocycles. The zero-order valence-corrected chi connectivity index (χ0v) is 22.5. The van der Waals surface area contributed by atoms with E-state index >= 15 is 0 Å². The van der Waals surface area contributed by atoms with Gasteiger partial charge in [-0.1, -0.05) is 48.5 Å². The van der Waals surface area contributed by atoms with E-state index in [0.29, 0.717) is 36.2 Å². The molecule has 5 saturated carbocycles. The van der Waals surface area contributed by atoms with Crippen molar-refractivity contribution >= 4 is 0 Å². The van der Waals surface area contributed by atoms with Crippen molar-refractivity contribution in [1.29, 1.82) is 0 Å². The Morgan fingerprint density at radius 2 is 1.45 bits per heavy atom. The zero-order valence-electron chi connectivity index (χ0n) is 22.5. The van der Waals surface area contributed by atoms with Crippen LogP contribution in [0.15, 0.2) is 0 Å². The van der Waals surface area contributed by atoms with E-state index in [4.69, 9.17) is 0 Å². The van der Waals surface area contributed by atoms with Crippen molar-refractivity contribution in [3.8, 4) is 0 Å². The monoisotopic (exact) mass is 460 g/mol. The molecule has 5 aliphatic carbocycles. The lowest BCUT2D eigenvalue weighted by molar-refractivity contribution is -0.291. The average molecular weight is 461 g/mol.